The predicted octanol–water partition coefficient (Wildman–Crippen LogP) is 6.21. The van der Waals surface area contributed by atoms with Crippen LogP contribution in [0, 0.1) is 11.6 Å². The van der Waals surface area contributed by atoms with Crippen molar-refractivity contribution in [2.45, 2.75) is 49.7 Å². The molecule has 3 aromatic rings. The lowest BCUT2D eigenvalue weighted by Crippen LogP contribution is -2.50. The smallest absolute Gasteiger partial charge is 0.412 e. The molecule has 0 radical (unpaired) electrons. The van der Waals surface area contributed by atoms with Gasteiger partial charge in [0, 0.05) is 37.7 Å². The van der Waals surface area contributed by atoms with Gasteiger partial charge in [0.1, 0.15) is 11.7 Å². The highest BCUT2D eigenvalue weighted by atomic mass is 19.2. The Kier molecular flexibility index (Phi) is 6.21. The van der Waals surface area contributed by atoms with E-state index in [1.807, 2.05) is 30.3 Å². The molecule has 2 atom stereocenters. The molecule has 1 aliphatic carbocycles. The van der Waals surface area contributed by atoms with Crippen LogP contribution in [-0.2, 0) is 21.5 Å². The summed E-state index contributed by atoms with van der Waals surface area (Å²) in [4.78, 5) is 31.6. The summed E-state index contributed by atoms with van der Waals surface area (Å²) in [6.45, 7) is 0.721. The lowest BCUT2D eigenvalue weighted by molar-refractivity contribution is -0.0399. The molecule has 1 N–H and O–H groups in total. The number of rotatable bonds is 2. The number of para-hydroxylation sites is 1. The van der Waals surface area contributed by atoms with E-state index in [1.165, 1.54) is 6.07 Å². The number of carbonyl (C=O) groups is 2. The number of hydrogen-bond donors (Lipinski definition) is 1. The lowest BCUT2D eigenvalue weighted by atomic mass is 9.82. The molecule has 3 heterocycles. The van der Waals surface area contributed by atoms with E-state index in [-0.39, 0.29) is 5.92 Å². The van der Waals surface area contributed by atoms with Gasteiger partial charge in [0.15, 0.2) is 11.6 Å². The first-order valence-corrected chi connectivity index (χ1v) is 12.9. The zero-order valence-corrected chi connectivity index (χ0v) is 20.7. The predicted molar refractivity (Wildman–Crippen MR) is 135 cm³/mol. The molecule has 0 bridgehead atoms. The number of aromatic nitrogens is 1. The summed E-state index contributed by atoms with van der Waals surface area (Å²) in [5.74, 6) is -1.96. The molecule has 2 aliphatic heterocycles. The summed E-state index contributed by atoms with van der Waals surface area (Å²) >= 11 is 0. The van der Waals surface area contributed by atoms with Gasteiger partial charge in [0.2, 0.25) is 0 Å². The molecule has 0 saturated carbocycles. The Morgan fingerprint density at radius 1 is 1.05 bits per heavy atom. The molecule has 1 aromatic heterocycles. The topological polar surface area (TPSA) is 80.8 Å². The number of halogens is 2. The van der Waals surface area contributed by atoms with Gasteiger partial charge in [-0.3, -0.25) is 10.3 Å². The fourth-order valence-corrected chi connectivity index (χ4v) is 5.96. The number of likely N-dealkylation sites (tertiary alicyclic amines) is 1. The van der Waals surface area contributed by atoms with Crippen LogP contribution in [0.3, 0.4) is 0 Å². The van der Waals surface area contributed by atoms with Crippen molar-refractivity contribution in [1.82, 2.24) is 9.88 Å². The Balaban J connectivity index is 1.17. The lowest BCUT2D eigenvalue weighted by Gasteiger charge is -2.44. The fourth-order valence-electron chi connectivity index (χ4n) is 5.96. The number of hydrogen-bond acceptors (Lipinski definition) is 5. The van der Waals surface area contributed by atoms with E-state index in [1.54, 1.807) is 23.2 Å². The van der Waals surface area contributed by atoms with Crippen molar-refractivity contribution in [2.75, 3.05) is 18.4 Å². The minimum atomic E-state index is -0.869. The number of nitrogens with zero attached hydrogens (tertiary/aromatic N) is 2. The standard InChI is InChI=1S/C29H27F2N3O4/c30-22-8-3-6-20(25(22)31)18-10-11-24(26-19(17-18)5-4-14-32-26)37-28(36)34-15-12-29(13-16-34)21-7-1-2-9-23(21)33-27(35)38-29/h1-9,14,18,24H,10-13,15-17H2,(H,33,35)/t18-,24-/m1/s1. The summed E-state index contributed by atoms with van der Waals surface area (Å²) in [5.41, 5.74) is 2.68. The van der Waals surface area contributed by atoms with Crippen LogP contribution in [0.5, 0.6) is 0 Å². The Hall–Kier alpha value is -4.01. The zero-order valence-electron chi connectivity index (χ0n) is 20.7. The Bertz CT molecular complexity index is 1390. The summed E-state index contributed by atoms with van der Waals surface area (Å²) in [7, 11) is 0. The van der Waals surface area contributed by atoms with Gasteiger partial charge in [-0.15, -0.1) is 0 Å². The largest absolute Gasteiger partial charge is 0.440 e. The number of piperidine rings is 1. The molecule has 1 saturated heterocycles. The van der Waals surface area contributed by atoms with Gasteiger partial charge in [-0.1, -0.05) is 36.4 Å². The molecule has 3 aliphatic rings. The first-order valence-electron chi connectivity index (χ1n) is 12.9. The minimum Gasteiger partial charge on any atom is -0.440 e. The maximum absolute atomic E-state index is 14.6. The third kappa shape index (κ3) is 4.36. The van der Waals surface area contributed by atoms with E-state index in [4.69, 9.17) is 9.47 Å². The molecular formula is C29H27F2N3O4. The van der Waals surface area contributed by atoms with Gasteiger partial charge < -0.3 is 14.4 Å². The molecule has 2 amide bonds. The summed E-state index contributed by atoms with van der Waals surface area (Å²) in [6.07, 6.45) is 2.41. The van der Waals surface area contributed by atoms with E-state index >= 15 is 0 Å². The number of carbonyl (C=O) groups excluding carboxylic acids is 2. The molecule has 0 unspecified atom stereocenters. The molecular weight excluding hydrogens is 492 g/mol. The number of benzene rings is 2. The van der Waals surface area contributed by atoms with Crippen molar-refractivity contribution >= 4 is 17.9 Å². The van der Waals surface area contributed by atoms with Gasteiger partial charge in [-0.25, -0.2) is 18.4 Å². The number of ether oxygens (including phenoxy) is 2. The van der Waals surface area contributed by atoms with Gasteiger partial charge >= 0.3 is 12.2 Å². The first-order chi connectivity index (χ1) is 18.4. The highest BCUT2D eigenvalue weighted by Crippen LogP contribution is 2.44. The highest BCUT2D eigenvalue weighted by Gasteiger charge is 2.45. The molecule has 1 fully saturated rings. The van der Waals surface area contributed by atoms with Crippen LogP contribution in [0.4, 0.5) is 24.1 Å². The summed E-state index contributed by atoms with van der Waals surface area (Å²) in [6, 6.07) is 15.5. The fraction of sp³-hybridized carbons (Fsp3) is 0.345. The van der Waals surface area contributed by atoms with Gasteiger partial charge in [-0.05, 0) is 54.5 Å². The van der Waals surface area contributed by atoms with E-state index in [0.29, 0.717) is 56.5 Å². The SMILES string of the molecule is O=C1Nc2ccccc2C2(CCN(C(=O)O[C@@H]3CC[C@@H](c4cccc(F)c4F)Cc4cccnc43)CC2)O1. The van der Waals surface area contributed by atoms with Crippen molar-refractivity contribution in [3.05, 3.63) is 94.8 Å². The maximum Gasteiger partial charge on any atom is 0.412 e. The molecule has 6 rings (SSSR count). The minimum absolute atomic E-state index is 0.262. The van der Waals surface area contributed by atoms with Crippen LogP contribution in [-0.4, -0.2) is 35.2 Å². The van der Waals surface area contributed by atoms with Crippen molar-refractivity contribution in [1.29, 1.82) is 0 Å². The van der Waals surface area contributed by atoms with Crippen LogP contribution in [0.15, 0.2) is 60.8 Å². The van der Waals surface area contributed by atoms with Crippen LogP contribution in [0.2, 0.25) is 0 Å². The Labute approximate surface area is 218 Å². The van der Waals surface area contributed by atoms with Crippen molar-refractivity contribution in [3.63, 3.8) is 0 Å². The molecule has 2 aromatic carbocycles. The number of amides is 2. The van der Waals surface area contributed by atoms with E-state index in [2.05, 4.69) is 10.3 Å². The molecule has 1 spiro atoms. The van der Waals surface area contributed by atoms with Crippen LogP contribution in [0.1, 0.15) is 60.1 Å². The number of anilines is 1. The first kappa shape index (κ1) is 24.3. The van der Waals surface area contributed by atoms with Crippen LogP contribution < -0.4 is 5.32 Å². The quantitative estimate of drug-likeness (QED) is 0.407. The molecule has 9 heteroatoms. The van der Waals surface area contributed by atoms with Crippen molar-refractivity contribution in [3.8, 4) is 0 Å². The van der Waals surface area contributed by atoms with E-state index < -0.39 is 35.5 Å². The Morgan fingerprint density at radius 3 is 2.71 bits per heavy atom. The summed E-state index contributed by atoms with van der Waals surface area (Å²) < 4.78 is 40.3. The third-order valence-electron chi connectivity index (χ3n) is 7.91. The second-order valence-corrected chi connectivity index (χ2v) is 10.1. The number of pyridine rings is 1. The second-order valence-electron chi connectivity index (χ2n) is 10.1. The Morgan fingerprint density at radius 2 is 1.87 bits per heavy atom. The monoisotopic (exact) mass is 519 g/mol. The third-order valence-corrected chi connectivity index (χ3v) is 7.91. The highest BCUT2D eigenvalue weighted by molar-refractivity contribution is 5.88. The number of nitrogens with one attached hydrogen (secondary N) is 1. The van der Waals surface area contributed by atoms with Crippen LogP contribution in [0.25, 0.3) is 0 Å². The molecule has 38 heavy (non-hydrogen) atoms. The van der Waals surface area contributed by atoms with Crippen molar-refractivity contribution < 1.29 is 27.8 Å². The molecule has 196 valence electrons. The van der Waals surface area contributed by atoms with Gasteiger partial charge in [0.25, 0.3) is 0 Å². The van der Waals surface area contributed by atoms with E-state index in [9.17, 15) is 18.4 Å². The molecule has 7 nitrogen and oxygen atoms in total. The van der Waals surface area contributed by atoms with Crippen LogP contribution >= 0.6 is 0 Å². The second kappa shape index (κ2) is 9.70. The maximum atomic E-state index is 14.6. The number of fused-ring (bicyclic) bond motifs is 3. The van der Waals surface area contributed by atoms with E-state index in [0.717, 1.165) is 22.9 Å². The van der Waals surface area contributed by atoms with Crippen molar-refractivity contribution in [2.24, 2.45) is 0 Å². The zero-order chi connectivity index (χ0) is 26.3. The summed E-state index contributed by atoms with van der Waals surface area (Å²) in [5, 5.41) is 2.74. The average molecular weight is 520 g/mol. The van der Waals surface area contributed by atoms with Gasteiger partial charge in [0.05, 0.1) is 11.4 Å². The average Bonchev–Trinajstić information content (AvgIpc) is 3.10. The van der Waals surface area contributed by atoms with Gasteiger partial charge in [-0.2, -0.15) is 0 Å². The normalized spacial score (nSPS) is 21.9.